The predicted octanol–water partition coefficient (Wildman–Crippen LogP) is 13.2. The van der Waals surface area contributed by atoms with Crippen molar-refractivity contribution in [2.75, 3.05) is 0 Å². The van der Waals surface area contributed by atoms with E-state index in [1.807, 2.05) is 36.4 Å². The quantitative estimate of drug-likeness (QED) is 0.180. The molecule has 1 aliphatic heterocycles. The normalized spacial score (nSPS) is 14.2. The van der Waals surface area contributed by atoms with E-state index in [0.717, 1.165) is 44.9 Å². The van der Waals surface area contributed by atoms with Gasteiger partial charge in [-0.1, -0.05) is 164 Å². The molecule has 0 radical (unpaired) electrons. The van der Waals surface area contributed by atoms with Crippen molar-refractivity contribution < 1.29 is 0 Å². The Morgan fingerprint density at radius 1 is 0.417 bits per heavy atom. The van der Waals surface area contributed by atoms with Crippen molar-refractivity contribution in [3.63, 3.8) is 0 Å². The van der Waals surface area contributed by atoms with Gasteiger partial charge in [0.25, 0.3) is 0 Å². The van der Waals surface area contributed by atoms with Gasteiger partial charge in [-0.15, -0.1) is 0 Å². The van der Waals surface area contributed by atoms with E-state index < -0.39 is 6.17 Å². The molecule has 3 heterocycles. The summed E-state index contributed by atoms with van der Waals surface area (Å²) in [4.78, 5) is 10.4. The Kier molecular flexibility index (Phi) is 7.85. The number of rotatable bonds is 6. The van der Waals surface area contributed by atoms with Crippen molar-refractivity contribution in [2.45, 2.75) is 6.17 Å². The van der Waals surface area contributed by atoms with E-state index >= 15 is 0 Å². The lowest BCUT2D eigenvalue weighted by molar-refractivity contribution is 0.670. The van der Waals surface area contributed by atoms with Crippen LogP contribution in [0, 0.1) is 0 Å². The topological polar surface area (TPSA) is 46.6 Å². The number of hydrogen-bond donors (Lipinski definition) is 1. The first-order valence-electron chi connectivity index (χ1n) is 20.5. The van der Waals surface area contributed by atoms with Gasteiger partial charge < -0.3 is 14.5 Å². The zero-order valence-electron chi connectivity index (χ0n) is 32.6. The summed E-state index contributed by atoms with van der Waals surface area (Å²) in [5, 5.41) is 11.1. The molecule has 0 spiro atoms. The molecule has 5 nitrogen and oxygen atoms in total. The highest BCUT2D eigenvalue weighted by Gasteiger charge is 2.26. The Bertz CT molecular complexity index is 3500. The van der Waals surface area contributed by atoms with Crippen LogP contribution in [0.15, 0.2) is 222 Å². The van der Waals surface area contributed by atoms with E-state index in [4.69, 9.17) is 9.98 Å². The van der Waals surface area contributed by atoms with E-state index in [-0.39, 0.29) is 0 Å². The molecule has 2 aromatic heterocycles. The second-order valence-electron chi connectivity index (χ2n) is 15.4. The Balaban J connectivity index is 1.10. The molecule has 12 rings (SSSR count). The zero-order valence-corrected chi connectivity index (χ0v) is 32.6. The molecule has 0 amide bonds. The van der Waals surface area contributed by atoms with Crippen LogP contribution >= 0.6 is 0 Å². The minimum atomic E-state index is -0.392. The third kappa shape index (κ3) is 5.40. The molecule has 1 N–H and O–H groups in total. The first kappa shape index (κ1) is 34.1. The fraction of sp³-hybridized carbons (Fsp3) is 0.0182. The number of amidine groups is 2. The summed E-state index contributed by atoms with van der Waals surface area (Å²) >= 11 is 0. The lowest BCUT2D eigenvalue weighted by Gasteiger charge is -2.26. The van der Waals surface area contributed by atoms with E-state index in [0.29, 0.717) is 5.84 Å². The minimum absolute atomic E-state index is 0.392. The SMILES string of the molecule is c1ccc(C2=NC(c3ccccc3-n3c4ccccc4c4c(-c5cccc6c5c5cc7ccccc7cc5n6-c5ccccc5)cccc43)NC(c3ccccc3)=N2)cc1. The molecule has 60 heavy (non-hydrogen) atoms. The van der Waals surface area contributed by atoms with Crippen molar-refractivity contribution in [1.29, 1.82) is 0 Å². The Hall–Kier alpha value is -8.02. The Labute approximate surface area is 346 Å². The van der Waals surface area contributed by atoms with Crippen LogP contribution in [-0.4, -0.2) is 20.8 Å². The van der Waals surface area contributed by atoms with E-state index in [9.17, 15) is 0 Å². The van der Waals surface area contributed by atoms with Crippen LogP contribution in [0.4, 0.5) is 0 Å². The van der Waals surface area contributed by atoms with Crippen LogP contribution in [0.5, 0.6) is 0 Å². The fourth-order valence-electron chi connectivity index (χ4n) is 9.33. The lowest BCUT2D eigenvalue weighted by Crippen LogP contribution is -2.34. The number of hydrogen-bond acceptors (Lipinski definition) is 3. The van der Waals surface area contributed by atoms with Crippen LogP contribution in [0.3, 0.4) is 0 Å². The molecule has 0 aliphatic carbocycles. The van der Waals surface area contributed by atoms with Gasteiger partial charge in [0, 0.05) is 43.9 Å². The maximum Gasteiger partial charge on any atom is 0.159 e. The summed E-state index contributed by atoms with van der Waals surface area (Å²) in [6.45, 7) is 0. The van der Waals surface area contributed by atoms with Gasteiger partial charge in [-0.3, -0.25) is 0 Å². The maximum absolute atomic E-state index is 5.31. The molecule has 282 valence electrons. The summed E-state index contributed by atoms with van der Waals surface area (Å²) in [5.41, 5.74) is 12.3. The van der Waals surface area contributed by atoms with Gasteiger partial charge in [-0.2, -0.15) is 0 Å². The van der Waals surface area contributed by atoms with E-state index in [1.54, 1.807) is 0 Å². The van der Waals surface area contributed by atoms with Gasteiger partial charge in [0.1, 0.15) is 12.0 Å². The highest BCUT2D eigenvalue weighted by atomic mass is 15.2. The number of nitrogens with one attached hydrogen (secondary N) is 1. The Morgan fingerprint density at radius 2 is 0.983 bits per heavy atom. The molecule has 0 saturated carbocycles. The van der Waals surface area contributed by atoms with Crippen molar-refractivity contribution in [2.24, 2.45) is 9.98 Å². The highest BCUT2D eigenvalue weighted by Crippen LogP contribution is 2.45. The number of aliphatic imine (C=N–C) groups is 2. The van der Waals surface area contributed by atoms with Crippen LogP contribution < -0.4 is 5.32 Å². The van der Waals surface area contributed by atoms with Crippen molar-refractivity contribution >= 4 is 66.1 Å². The average molecular weight is 768 g/mol. The standard InChI is InChI=1S/C55H37N5/c1-4-18-36(19-5-1)53-56-54(37-20-6-2-7-21-37)58-55(57-53)44-27-13-15-31-47(44)60-46-30-14-12-26-43(46)51-41(28-17-33-49(51)60)42-29-16-32-48-52(42)45-34-38-22-10-11-23-39(38)35-50(45)59(48)40-24-8-3-9-25-40/h1-35,55H,(H,56,57,58). The summed E-state index contributed by atoms with van der Waals surface area (Å²) in [5.74, 6) is 1.50. The average Bonchev–Trinajstić information content (AvgIpc) is 3.84. The van der Waals surface area contributed by atoms with E-state index in [2.05, 4.69) is 190 Å². The maximum atomic E-state index is 5.31. The molecular formula is C55H37N5. The third-order valence-corrected chi connectivity index (χ3v) is 12.0. The number of nitrogens with zero attached hydrogens (tertiary/aromatic N) is 4. The first-order valence-corrected chi connectivity index (χ1v) is 20.5. The number of fused-ring (bicyclic) bond motifs is 7. The van der Waals surface area contributed by atoms with Crippen LogP contribution in [-0.2, 0) is 0 Å². The molecule has 9 aromatic carbocycles. The smallest absolute Gasteiger partial charge is 0.159 e. The highest BCUT2D eigenvalue weighted by molar-refractivity contribution is 6.23. The molecule has 0 bridgehead atoms. The van der Waals surface area contributed by atoms with Gasteiger partial charge >= 0.3 is 0 Å². The predicted molar refractivity (Wildman–Crippen MR) is 250 cm³/mol. The van der Waals surface area contributed by atoms with Gasteiger partial charge in [0.05, 0.1) is 27.8 Å². The summed E-state index contributed by atoms with van der Waals surface area (Å²) in [6, 6.07) is 75.8. The van der Waals surface area contributed by atoms with Crippen molar-refractivity contribution in [1.82, 2.24) is 14.5 Å². The first-order chi connectivity index (χ1) is 29.8. The summed E-state index contributed by atoms with van der Waals surface area (Å²) in [7, 11) is 0. The molecular weight excluding hydrogens is 731 g/mol. The number of aromatic nitrogens is 2. The Morgan fingerprint density at radius 3 is 1.73 bits per heavy atom. The molecule has 0 fully saturated rings. The van der Waals surface area contributed by atoms with Crippen LogP contribution in [0.2, 0.25) is 0 Å². The molecule has 11 aromatic rings. The summed E-state index contributed by atoms with van der Waals surface area (Å²) < 4.78 is 4.85. The third-order valence-electron chi connectivity index (χ3n) is 12.0. The van der Waals surface area contributed by atoms with Gasteiger partial charge in [-0.05, 0) is 70.4 Å². The lowest BCUT2D eigenvalue weighted by atomic mass is 9.95. The summed E-state index contributed by atoms with van der Waals surface area (Å²) in [6.07, 6.45) is -0.392. The van der Waals surface area contributed by atoms with Crippen molar-refractivity contribution in [3.8, 4) is 22.5 Å². The monoisotopic (exact) mass is 767 g/mol. The van der Waals surface area contributed by atoms with Gasteiger partial charge in [0.2, 0.25) is 0 Å². The zero-order chi connectivity index (χ0) is 39.6. The molecule has 1 atom stereocenters. The van der Waals surface area contributed by atoms with Gasteiger partial charge in [-0.25, -0.2) is 9.98 Å². The largest absolute Gasteiger partial charge is 0.344 e. The number of para-hydroxylation sites is 3. The van der Waals surface area contributed by atoms with Crippen molar-refractivity contribution in [3.05, 3.63) is 229 Å². The van der Waals surface area contributed by atoms with Gasteiger partial charge in [0.15, 0.2) is 5.84 Å². The fourth-order valence-corrected chi connectivity index (χ4v) is 9.33. The molecule has 1 unspecified atom stereocenters. The number of benzene rings is 9. The van der Waals surface area contributed by atoms with Crippen LogP contribution in [0.1, 0.15) is 22.9 Å². The second-order valence-corrected chi connectivity index (χ2v) is 15.4. The van der Waals surface area contributed by atoms with Crippen LogP contribution in [0.25, 0.3) is 76.9 Å². The van der Waals surface area contributed by atoms with E-state index in [1.165, 1.54) is 54.5 Å². The molecule has 5 heteroatoms. The molecule has 1 aliphatic rings. The second kappa shape index (κ2) is 13.8. The molecule has 0 saturated heterocycles. The minimum Gasteiger partial charge on any atom is -0.344 e.